The molecule has 0 atom stereocenters. The minimum absolute atomic E-state index is 0.0422. The van der Waals surface area contributed by atoms with E-state index in [1.165, 1.54) is 30.5 Å². The van der Waals surface area contributed by atoms with Crippen molar-refractivity contribution in [1.82, 2.24) is 19.8 Å². The molecular formula is C19H26N4O2. The van der Waals surface area contributed by atoms with Gasteiger partial charge in [0.2, 0.25) is 0 Å². The predicted molar refractivity (Wildman–Crippen MR) is 93.3 cm³/mol. The first-order valence-corrected chi connectivity index (χ1v) is 9.33. The van der Waals surface area contributed by atoms with Crippen LogP contribution in [0.3, 0.4) is 0 Å². The maximum Gasteiger partial charge on any atom is 0.259 e. The monoisotopic (exact) mass is 342 g/mol. The summed E-state index contributed by atoms with van der Waals surface area (Å²) in [6.45, 7) is 4.25. The Kier molecular flexibility index (Phi) is 4.13. The van der Waals surface area contributed by atoms with Crippen molar-refractivity contribution in [2.45, 2.75) is 71.4 Å². The van der Waals surface area contributed by atoms with Crippen LogP contribution in [0.25, 0.3) is 0 Å². The summed E-state index contributed by atoms with van der Waals surface area (Å²) < 4.78 is 7.25. The molecule has 2 aliphatic rings. The molecule has 0 bridgehead atoms. The zero-order chi connectivity index (χ0) is 17.6. The molecule has 2 aromatic heterocycles. The highest BCUT2D eigenvalue weighted by molar-refractivity contribution is 5.96. The van der Waals surface area contributed by atoms with E-state index in [-0.39, 0.29) is 5.91 Å². The van der Waals surface area contributed by atoms with Gasteiger partial charge in [-0.2, -0.15) is 5.10 Å². The average Bonchev–Trinajstić information content (AvgIpc) is 3.34. The molecule has 0 radical (unpaired) electrons. The van der Waals surface area contributed by atoms with Crippen molar-refractivity contribution in [3.8, 4) is 0 Å². The van der Waals surface area contributed by atoms with E-state index >= 15 is 0 Å². The summed E-state index contributed by atoms with van der Waals surface area (Å²) in [6, 6.07) is 0.292. The number of hydrogen-bond donors (Lipinski definition) is 0. The lowest BCUT2D eigenvalue weighted by atomic mass is 10.1. The normalized spacial score (nSPS) is 17.2. The molecule has 0 aliphatic heterocycles. The van der Waals surface area contributed by atoms with Gasteiger partial charge < -0.3 is 9.42 Å². The van der Waals surface area contributed by atoms with Gasteiger partial charge >= 0.3 is 0 Å². The zero-order valence-electron chi connectivity index (χ0n) is 15.3. The van der Waals surface area contributed by atoms with Gasteiger partial charge in [-0.25, -0.2) is 0 Å². The van der Waals surface area contributed by atoms with Crippen LogP contribution in [-0.4, -0.2) is 31.8 Å². The van der Waals surface area contributed by atoms with E-state index in [2.05, 4.69) is 5.16 Å². The van der Waals surface area contributed by atoms with Crippen LogP contribution in [0.15, 0.2) is 4.52 Å². The summed E-state index contributed by atoms with van der Waals surface area (Å²) in [7, 11) is 2.02. The van der Waals surface area contributed by atoms with Crippen LogP contribution in [-0.2, 0) is 26.4 Å². The highest BCUT2D eigenvalue weighted by Gasteiger charge is 2.33. The Morgan fingerprint density at radius 3 is 2.68 bits per heavy atom. The van der Waals surface area contributed by atoms with Crippen LogP contribution in [0.5, 0.6) is 0 Å². The lowest BCUT2D eigenvalue weighted by Gasteiger charge is -2.28. The second-order valence-electron chi connectivity index (χ2n) is 7.42. The van der Waals surface area contributed by atoms with E-state index in [0.717, 1.165) is 31.4 Å². The van der Waals surface area contributed by atoms with Gasteiger partial charge in [0.15, 0.2) is 0 Å². The molecule has 0 unspecified atom stereocenters. The summed E-state index contributed by atoms with van der Waals surface area (Å²) in [4.78, 5) is 15.4. The fourth-order valence-electron chi connectivity index (χ4n) is 4.50. The van der Waals surface area contributed by atoms with Gasteiger partial charge in [-0.05, 0) is 51.5 Å². The van der Waals surface area contributed by atoms with Crippen molar-refractivity contribution in [3.63, 3.8) is 0 Å². The third-order valence-electron chi connectivity index (χ3n) is 5.79. The van der Waals surface area contributed by atoms with E-state index in [1.807, 2.05) is 30.5 Å². The molecular weight excluding hydrogens is 316 g/mol. The molecule has 2 heterocycles. The molecule has 6 heteroatoms. The first-order valence-electron chi connectivity index (χ1n) is 9.33. The second kappa shape index (κ2) is 6.32. The number of nitrogens with zero attached hydrogens (tertiary/aromatic N) is 4. The highest BCUT2D eigenvalue weighted by atomic mass is 16.5. The number of fused-ring (bicyclic) bond motifs is 1. The van der Waals surface area contributed by atoms with Crippen molar-refractivity contribution >= 4 is 5.91 Å². The molecule has 0 spiro atoms. The molecule has 1 amide bonds. The van der Waals surface area contributed by atoms with E-state index in [0.29, 0.717) is 29.6 Å². The smallest absolute Gasteiger partial charge is 0.259 e. The average molecular weight is 342 g/mol. The third-order valence-corrected chi connectivity index (χ3v) is 5.79. The van der Waals surface area contributed by atoms with Crippen LogP contribution in [0.1, 0.15) is 70.9 Å². The van der Waals surface area contributed by atoms with Crippen molar-refractivity contribution < 1.29 is 9.32 Å². The number of carbonyl (C=O) groups excluding carboxylic acids is 1. The largest absolute Gasteiger partial charge is 0.361 e. The van der Waals surface area contributed by atoms with E-state index in [9.17, 15) is 4.79 Å². The van der Waals surface area contributed by atoms with Gasteiger partial charge in [0.1, 0.15) is 11.3 Å². The molecule has 2 aromatic rings. The minimum Gasteiger partial charge on any atom is -0.361 e. The number of rotatable bonds is 4. The van der Waals surface area contributed by atoms with Crippen LogP contribution >= 0.6 is 0 Å². The Labute approximate surface area is 148 Å². The number of amides is 1. The standard InChI is InChI=1S/C19H26N4O2/c1-12-18(13(2)25-21-12)19(24)23(14-7-4-5-8-14)11-16-15-9-6-10-17(15)22(3)20-16/h14H,4-11H2,1-3H3. The Morgan fingerprint density at radius 1 is 1.24 bits per heavy atom. The number of aromatic nitrogens is 3. The summed E-state index contributed by atoms with van der Waals surface area (Å²) in [5.74, 6) is 0.650. The quantitative estimate of drug-likeness (QED) is 0.856. The molecule has 0 saturated heterocycles. The predicted octanol–water partition coefficient (Wildman–Crippen LogP) is 3.10. The molecule has 0 N–H and O–H groups in total. The first kappa shape index (κ1) is 16.4. The molecule has 134 valence electrons. The third kappa shape index (κ3) is 2.77. The van der Waals surface area contributed by atoms with E-state index in [4.69, 9.17) is 9.62 Å². The van der Waals surface area contributed by atoms with Gasteiger partial charge in [-0.3, -0.25) is 9.48 Å². The lowest BCUT2D eigenvalue weighted by molar-refractivity contribution is 0.0658. The summed E-state index contributed by atoms with van der Waals surface area (Å²) in [5, 5.41) is 8.71. The Hall–Kier alpha value is -2.11. The van der Waals surface area contributed by atoms with Crippen molar-refractivity contribution in [2.24, 2.45) is 7.05 Å². The van der Waals surface area contributed by atoms with Crippen molar-refractivity contribution in [2.75, 3.05) is 0 Å². The molecule has 1 fully saturated rings. The van der Waals surface area contributed by atoms with Gasteiger partial charge in [-0.1, -0.05) is 18.0 Å². The van der Waals surface area contributed by atoms with Gasteiger partial charge in [0.25, 0.3) is 5.91 Å². The molecule has 2 aliphatic carbocycles. The molecule has 4 rings (SSSR count). The topological polar surface area (TPSA) is 64.2 Å². The van der Waals surface area contributed by atoms with Crippen LogP contribution in [0.2, 0.25) is 0 Å². The SMILES string of the molecule is Cc1noc(C)c1C(=O)N(Cc1nn(C)c2c1CCC2)C1CCCC1. The summed E-state index contributed by atoms with van der Waals surface area (Å²) >= 11 is 0. The maximum absolute atomic E-state index is 13.3. The van der Waals surface area contributed by atoms with E-state index < -0.39 is 0 Å². The van der Waals surface area contributed by atoms with Gasteiger partial charge in [0, 0.05) is 18.8 Å². The van der Waals surface area contributed by atoms with Gasteiger partial charge in [-0.15, -0.1) is 0 Å². The lowest BCUT2D eigenvalue weighted by Crippen LogP contribution is -2.39. The molecule has 1 saturated carbocycles. The number of carbonyl (C=O) groups is 1. The Morgan fingerprint density at radius 2 is 2.00 bits per heavy atom. The Bertz CT molecular complexity index is 779. The van der Waals surface area contributed by atoms with Crippen molar-refractivity contribution in [1.29, 1.82) is 0 Å². The van der Waals surface area contributed by atoms with Crippen LogP contribution < -0.4 is 0 Å². The van der Waals surface area contributed by atoms with Crippen LogP contribution in [0.4, 0.5) is 0 Å². The Balaban J connectivity index is 1.67. The molecule has 6 nitrogen and oxygen atoms in total. The highest BCUT2D eigenvalue weighted by Crippen LogP contribution is 2.31. The first-order chi connectivity index (χ1) is 12.1. The van der Waals surface area contributed by atoms with Crippen LogP contribution in [0, 0.1) is 13.8 Å². The molecule has 25 heavy (non-hydrogen) atoms. The second-order valence-corrected chi connectivity index (χ2v) is 7.42. The maximum atomic E-state index is 13.3. The molecule has 0 aromatic carbocycles. The summed E-state index contributed by atoms with van der Waals surface area (Å²) in [5.41, 5.74) is 5.07. The van der Waals surface area contributed by atoms with E-state index in [1.54, 1.807) is 0 Å². The number of hydrogen-bond acceptors (Lipinski definition) is 4. The minimum atomic E-state index is 0.0422. The summed E-state index contributed by atoms with van der Waals surface area (Å²) in [6.07, 6.45) is 7.90. The fourth-order valence-corrected chi connectivity index (χ4v) is 4.50. The van der Waals surface area contributed by atoms with Gasteiger partial charge in [0.05, 0.1) is 17.9 Å². The fraction of sp³-hybridized carbons (Fsp3) is 0.632. The number of aryl methyl sites for hydroxylation is 3. The zero-order valence-corrected chi connectivity index (χ0v) is 15.3. The van der Waals surface area contributed by atoms with Crippen molar-refractivity contribution in [3.05, 3.63) is 34.0 Å².